The lowest BCUT2D eigenvalue weighted by atomic mass is 10.2. The van der Waals surface area contributed by atoms with E-state index in [-0.39, 0.29) is 11.8 Å². The molecule has 1 rings (SSSR count). The van der Waals surface area contributed by atoms with Gasteiger partial charge in [0.15, 0.2) is 11.5 Å². The van der Waals surface area contributed by atoms with Crippen LogP contribution in [0.15, 0.2) is 12.1 Å². The summed E-state index contributed by atoms with van der Waals surface area (Å²) in [6.45, 7) is 5.03. The first kappa shape index (κ1) is 15.3. The summed E-state index contributed by atoms with van der Waals surface area (Å²) in [7, 11) is 1.88. The Morgan fingerprint density at radius 2 is 2.21 bits per heavy atom. The molecule has 19 heavy (non-hydrogen) atoms. The predicted molar refractivity (Wildman–Crippen MR) is 79.3 cm³/mol. The standard InChI is InChI=1S/C12H19N5OS/c1-4-14-12(18)9-5-6-10(16-15-9)17(3)7-8(2)11(13)19/h5-6,8H,4,7H2,1-3H3,(H2,13,19)(H,14,18). The number of thiocarbonyl (C=S) groups is 1. The Morgan fingerprint density at radius 1 is 1.53 bits per heavy atom. The average Bonchev–Trinajstić information content (AvgIpc) is 2.39. The molecule has 0 aliphatic heterocycles. The Labute approximate surface area is 118 Å². The fourth-order valence-corrected chi connectivity index (χ4v) is 1.57. The smallest absolute Gasteiger partial charge is 0.271 e. The van der Waals surface area contributed by atoms with Crippen LogP contribution in [0.3, 0.4) is 0 Å². The zero-order chi connectivity index (χ0) is 14.4. The summed E-state index contributed by atoms with van der Waals surface area (Å²) in [6.07, 6.45) is 0. The van der Waals surface area contributed by atoms with Crippen molar-refractivity contribution in [1.29, 1.82) is 0 Å². The molecule has 1 aromatic rings. The van der Waals surface area contributed by atoms with Gasteiger partial charge in [-0.3, -0.25) is 4.79 Å². The number of nitrogens with one attached hydrogen (secondary N) is 1. The van der Waals surface area contributed by atoms with Gasteiger partial charge in [0.05, 0.1) is 4.99 Å². The molecule has 1 aromatic heterocycles. The summed E-state index contributed by atoms with van der Waals surface area (Å²) in [5.74, 6) is 0.543. The number of aromatic nitrogens is 2. The molecule has 0 saturated heterocycles. The van der Waals surface area contributed by atoms with Crippen molar-refractivity contribution in [1.82, 2.24) is 15.5 Å². The molecule has 0 saturated carbocycles. The van der Waals surface area contributed by atoms with Crippen molar-refractivity contribution >= 4 is 28.9 Å². The Morgan fingerprint density at radius 3 is 2.68 bits per heavy atom. The molecule has 0 aliphatic carbocycles. The number of nitrogens with two attached hydrogens (primary N) is 1. The first-order valence-corrected chi connectivity index (χ1v) is 6.49. The molecule has 0 radical (unpaired) electrons. The van der Waals surface area contributed by atoms with Gasteiger partial charge in [-0.15, -0.1) is 10.2 Å². The topological polar surface area (TPSA) is 84.1 Å². The third-order valence-electron chi connectivity index (χ3n) is 2.64. The number of hydrogen-bond acceptors (Lipinski definition) is 5. The Balaban J connectivity index is 2.70. The number of hydrogen-bond donors (Lipinski definition) is 2. The van der Waals surface area contributed by atoms with E-state index in [4.69, 9.17) is 18.0 Å². The average molecular weight is 281 g/mol. The normalized spacial score (nSPS) is 11.7. The maximum atomic E-state index is 11.5. The Hall–Kier alpha value is -1.76. The van der Waals surface area contributed by atoms with Gasteiger partial charge in [0.25, 0.3) is 5.91 Å². The second-order valence-electron chi connectivity index (χ2n) is 4.32. The molecule has 0 fully saturated rings. The van der Waals surface area contributed by atoms with Crippen molar-refractivity contribution in [3.05, 3.63) is 17.8 Å². The van der Waals surface area contributed by atoms with E-state index in [1.165, 1.54) is 0 Å². The third kappa shape index (κ3) is 4.44. The maximum absolute atomic E-state index is 11.5. The van der Waals surface area contributed by atoms with Gasteiger partial charge in [-0.2, -0.15) is 0 Å². The van der Waals surface area contributed by atoms with Crippen LogP contribution in [0.25, 0.3) is 0 Å². The van der Waals surface area contributed by atoms with E-state index in [0.29, 0.717) is 29.6 Å². The van der Waals surface area contributed by atoms with Gasteiger partial charge in [-0.1, -0.05) is 19.1 Å². The number of anilines is 1. The minimum absolute atomic E-state index is 0.0878. The SMILES string of the molecule is CCNC(=O)c1ccc(N(C)CC(C)C(N)=S)nn1. The Bertz CT molecular complexity index is 448. The van der Waals surface area contributed by atoms with Gasteiger partial charge in [0, 0.05) is 26.1 Å². The quantitative estimate of drug-likeness (QED) is 0.742. The van der Waals surface area contributed by atoms with Crippen molar-refractivity contribution < 1.29 is 4.79 Å². The van der Waals surface area contributed by atoms with Crippen LogP contribution in [-0.2, 0) is 0 Å². The van der Waals surface area contributed by atoms with E-state index in [9.17, 15) is 4.79 Å². The molecular formula is C12H19N5OS. The van der Waals surface area contributed by atoms with Crippen LogP contribution in [0.1, 0.15) is 24.3 Å². The minimum Gasteiger partial charge on any atom is -0.393 e. The molecule has 104 valence electrons. The highest BCUT2D eigenvalue weighted by atomic mass is 32.1. The molecule has 0 aliphatic rings. The van der Waals surface area contributed by atoms with Crippen LogP contribution in [0.2, 0.25) is 0 Å². The summed E-state index contributed by atoms with van der Waals surface area (Å²) in [4.78, 5) is 13.9. The summed E-state index contributed by atoms with van der Waals surface area (Å²) >= 11 is 4.93. The predicted octanol–water partition coefficient (Wildman–Crippen LogP) is 0.585. The molecule has 7 heteroatoms. The van der Waals surface area contributed by atoms with E-state index in [0.717, 1.165) is 0 Å². The lowest BCUT2D eigenvalue weighted by molar-refractivity contribution is 0.0950. The van der Waals surface area contributed by atoms with Crippen molar-refractivity contribution in [2.75, 3.05) is 25.0 Å². The maximum Gasteiger partial charge on any atom is 0.271 e. The third-order valence-corrected chi connectivity index (χ3v) is 3.05. The van der Waals surface area contributed by atoms with E-state index in [2.05, 4.69) is 15.5 Å². The number of carbonyl (C=O) groups excluding carboxylic acids is 1. The van der Waals surface area contributed by atoms with Crippen molar-refractivity contribution in [3.8, 4) is 0 Å². The van der Waals surface area contributed by atoms with Gasteiger partial charge in [-0.25, -0.2) is 0 Å². The van der Waals surface area contributed by atoms with E-state index in [1.54, 1.807) is 12.1 Å². The lowest BCUT2D eigenvalue weighted by Gasteiger charge is -2.21. The van der Waals surface area contributed by atoms with Gasteiger partial charge in [0.2, 0.25) is 0 Å². The second-order valence-corrected chi connectivity index (χ2v) is 4.79. The number of carbonyl (C=O) groups is 1. The number of amides is 1. The van der Waals surface area contributed by atoms with Gasteiger partial charge < -0.3 is 16.0 Å². The van der Waals surface area contributed by atoms with Crippen LogP contribution < -0.4 is 16.0 Å². The molecule has 6 nitrogen and oxygen atoms in total. The summed E-state index contributed by atoms with van der Waals surface area (Å²) in [5.41, 5.74) is 5.88. The van der Waals surface area contributed by atoms with Crippen molar-refractivity contribution in [2.24, 2.45) is 11.7 Å². The number of nitrogens with zero attached hydrogens (tertiary/aromatic N) is 3. The van der Waals surface area contributed by atoms with E-state index >= 15 is 0 Å². The van der Waals surface area contributed by atoms with Crippen LogP contribution in [0, 0.1) is 5.92 Å². The highest BCUT2D eigenvalue weighted by molar-refractivity contribution is 7.80. The van der Waals surface area contributed by atoms with Crippen LogP contribution in [0.5, 0.6) is 0 Å². The first-order valence-electron chi connectivity index (χ1n) is 6.08. The fraction of sp³-hybridized carbons (Fsp3) is 0.500. The van der Waals surface area contributed by atoms with Crippen LogP contribution >= 0.6 is 12.2 Å². The summed E-state index contributed by atoms with van der Waals surface area (Å²) in [5, 5.41) is 10.6. The minimum atomic E-state index is -0.222. The summed E-state index contributed by atoms with van der Waals surface area (Å²) < 4.78 is 0. The second kappa shape index (κ2) is 6.98. The lowest BCUT2D eigenvalue weighted by Crippen LogP contribution is -2.32. The molecule has 1 unspecified atom stereocenters. The van der Waals surface area contributed by atoms with Gasteiger partial charge in [-0.05, 0) is 19.1 Å². The van der Waals surface area contributed by atoms with Crippen LogP contribution in [0.4, 0.5) is 5.82 Å². The molecule has 0 aromatic carbocycles. The molecule has 3 N–H and O–H groups in total. The number of rotatable bonds is 6. The zero-order valence-electron chi connectivity index (χ0n) is 11.4. The molecule has 1 amide bonds. The molecule has 0 bridgehead atoms. The molecular weight excluding hydrogens is 262 g/mol. The summed E-state index contributed by atoms with van der Waals surface area (Å²) in [6, 6.07) is 3.40. The van der Waals surface area contributed by atoms with Gasteiger partial charge >= 0.3 is 0 Å². The molecule has 1 atom stereocenters. The van der Waals surface area contributed by atoms with E-state index in [1.807, 2.05) is 25.8 Å². The van der Waals surface area contributed by atoms with Crippen LogP contribution in [-0.4, -0.2) is 41.2 Å². The zero-order valence-corrected chi connectivity index (χ0v) is 12.2. The molecule has 1 heterocycles. The first-order chi connectivity index (χ1) is 8.95. The fourth-order valence-electron chi connectivity index (χ4n) is 1.50. The monoisotopic (exact) mass is 281 g/mol. The highest BCUT2D eigenvalue weighted by Crippen LogP contribution is 2.10. The Kier molecular flexibility index (Phi) is 5.62. The van der Waals surface area contributed by atoms with Crippen molar-refractivity contribution in [2.45, 2.75) is 13.8 Å². The van der Waals surface area contributed by atoms with Crippen molar-refractivity contribution in [3.63, 3.8) is 0 Å². The molecule has 0 spiro atoms. The highest BCUT2D eigenvalue weighted by Gasteiger charge is 2.12. The van der Waals surface area contributed by atoms with Gasteiger partial charge in [0.1, 0.15) is 0 Å². The van der Waals surface area contributed by atoms with E-state index < -0.39 is 0 Å². The largest absolute Gasteiger partial charge is 0.393 e.